The second-order valence-electron chi connectivity index (χ2n) is 5.72. The Morgan fingerprint density at radius 2 is 1.39 bits per heavy atom. The number of methoxy groups -OCH3 is 3. The van der Waals surface area contributed by atoms with Gasteiger partial charge < -0.3 is 24.8 Å². The number of hydrogen-bond acceptors (Lipinski definition) is 6. The van der Waals surface area contributed by atoms with Gasteiger partial charge >= 0.3 is 6.03 Å². The molecule has 0 bridgehead atoms. The first-order valence-corrected chi connectivity index (χ1v) is 8.40. The maximum absolute atomic E-state index is 12.3. The van der Waals surface area contributed by atoms with Gasteiger partial charge in [-0.15, -0.1) is 10.2 Å². The summed E-state index contributed by atoms with van der Waals surface area (Å²) in [5.41, 5.74) is 2.77. The lowest BCUT2D eigenvalue weighted by molar-refractivity contribution is 0.262. The van der Waals surface area contributed by atoms with E-state index >= 15 is 0 Å². The first kappa shape index (κ1) is 19.0. The molecule has 144 valence electrons. The summed E-state index contributed by atoms with van der Waals surface area (Å²) in [6.07, 6.45) is 0. The van der Waals surface area contributed by atoms with Crippen molar-refractivity contribution in [2.75, 3.05) is 32.0 Å². The third-order valence-corrected chi connectivity index (χ3v) is 3.90. The van der Waals surface area contributed by atoms with Gasteiger partial charge in [-0.1, -0.05) is 12.1 Å². The molecule has 0 atom stereocenters. The fourth-order valence-electron chi connectivity index (χ4n) is 2.48. The number of aromatic nitrogens is 2. The normalized spacial score (nSPS) is 10.1. The Kier molecular flexibility index (Phi) is 5.91. The summed E-state index contributed by atoms with van der Waals surface area (Å²) in [6.45, 7) is 0. The third-order valence-electron chi connectivity index (χ3n) is 3.90. The molecule has 28 heavy (non-hydrogen) atoms. The minimum atomic E-state index is -0.382. The number of ether oxygens (including phenoxy) is 3. The fraction of sp³-hybridized carbons (Fsp3) is 0.150. The van der Waals surface area contributed by atoms with Gasteiger partial charge in [0, 0.05) is 41.2 Å². The number of rotatable bonds is 6. The van der Waals surface area contributed by atoms with Crippen molar-refractivity contribution in [3.8, 4) is 28.6 Å². The highest BCUT2D eigenvalue weighted by Gasteiger charge is 2.07. The van der Waals surface area contributed by atoms with Crippen LogP contribution < -0.4 is 24.8 Å². The smallest absolute Gasteiger partial charge is 0.323 e. The molecular weight excluding hydrogens is 360 g/mol. The number of hydrogen-bond donors (Lipinski definition) is 2. The molecule has 1 aromatic heterocycles. The van der Waals surface area contributed by atoms with E-state index in [1.807, 2.05) is 18.2 Å². The van der Waals surface area contributed by atoms with Crippen LogP contribution >= 0.6 is 0 Å². The van der Waals surface area contributed by atoms with E-state index in [1.54, 1.807) is 50.6 Å². The first-order chi connectivity index (χ1) is 13.6. The standard InChI is InChI=1S/C20H20N4O4/c1-26-16-10-15(11-17(12-16)27-2)22-20(25)21-14-6-4-13(5-7-14)18-8-9-19(28-3)24-23-18/h4-12H,1-3H3,(H2,21,22,25). The van der Waals surface area contributed by atoms with Gasteiger partial charge in [0.2, 0.25) is 5.88 Å². The van der Waals surface area contributed by atoms with Gasteiger partial charge in [0.05, 0.1) is 27.0 Å². The summed E-state index contributed by atoms with van der Waals surface area (Å²) in [7, 11) is 4.64. The summed E-state index contributed by atoms with van der Waals surface area (Å²) in [5, 5.41) is 13.6. The zero-order valence-electron chi connectivity index (χ0n) is 15.7. The minimum absolute atomic E-state index is 0.382. The lowest BCUT2D eigenvalue weighted by atomic mass is 10.1. The topological polar surface area (TPSA) is 94.6 Å². The lowest BCUT2D eigenvalue weighted by Crippen LogP contribution is -2.19. The molecule has 0 radical (unpaired) electrons. The lowest BCUT2D eigenvalue weighted by Gasteiger charge is -2.11. The van der Waals surface area contributed by atoms with Crippen molar-refractivity contribution in [3.63, 3.8) is 0 Å². The fourth-order valence-corrected chi connectivity index (χ4v) is 2.48. The van der Waals surface area contributed by atoms with Crippen LogP contribution in [0, 0.1) is 0 Å². The van der Waals surface area contributed by atoms with Crippen LogP contribution in [0.15, 0.2) is 54.6 Å². The second-order valence-corrected chi connectivity index (χ2v) is 5.72. The van der Waals surface area contributed by atoms with E-state index < -0.39 is 0 Å². The van der Waals surface area contributed by atoms with Crippen LogP contribution in [0.3, 0.4) is 0 Å². The highest BCUT2D eigenvalue weighted by Crippen LogP contribution is 2.26. The molecule has 0 unspecified atom stereocenters. The van der Waals surface area contributed by atoms with Crippen molar-refractivity contribution >= 4 is 17.4 Å². The average molecular weight is 380 g/mol. The van der Waals surface area contributed by atoms with Crippen molar-refractivity contribution in [1.29, 1.82) is 0 Å². The number of anilines is 2. The maximum atomic E-state index is 12.3. The molecule has 2 amide bonds. The Morgan fingerprint density at radius 3 is 1.93 bits per heavy atom. The van der Waals surface area contributed by atoms with E-state index in [0.29, 0.717) is 34.4 Å². The molecule has 8 heteroatoms. The average Bonchev–Trinajstić information content (AvgIpc) is 2.74. The van der Waals surface area contributed by atoms with Crippen LogP contribution in [0.1, 0.15) is 0 Å². The van der Waals surface area contributed by atoms with Gasteiger partial charge in [-0.3, -0.25) is 0 Å². The van der Waals surface area contributed by atoms with E-state index in [-0.39, 0.29) is 6.03 Å². The van der Waals surface area contributed by atoms with Crippen LogP contribution in [0.5, 0.6) is 17.4 Å². The molecule has 0 saturated heterocycles. The van der Waals surface area contributed by atoms with Crippen LogP contribution in [-0.4, -0.2) is 37.6 Å². The van der Waals surface area contributed by atoms with Gasteiger partial charge in [-0.2, -0.15) is 0 Å². The van der Waals surface area contributed by atoms with Gasteiger partial charge in [0.1, 0.15) is 11.5 Å². The highest BCUT2D eigenvalue weighted by atomic mass is 16.5. The predicted molar refractivity (Wildman–Crippen MR) is 106 cm³/mol. The Labute approximate surface area is 162 Å². The largest absolute Gasteiger partial charge is 0.497 e. The summed E-state index contributed by atoms with van der Waals surface area (Å²) >= 11 is 0. The van der Waals surface area contributed by atoms with Crippen molar-refractivity contribution in [2.45, 2.75) is 0 Å². The van der Waals surface area contributed by atoms with Crippen molar-refractivity contribution < 1.29 is 19.0 Å². The summed E-state index contributed by atoms with van der Waals surface area (Å²) in [4.78, 5) is 12.3. The molecule has 2 aromatic carbocycles. The molecule has 0 saturated carbocycles. The number of benzene rings is 2. The Hall–Kier alpha value is -3.81. The van der Waals surface area contributed by atoms with E-state index in [9.17, 15) is 4.79 Å². The number of carbonyl (C=O) groups excluding carboxylic acids is 1. The molecule has 3 aromatic rings. The summed E-state index contributed by atoms with van der Waals surface area (Å²) in [5.74, 6) is 1.62. The Balaban J connectivity index is 1.66. The molecule has 3 rings (SSSR count). The van der Waals surface area contributed by atoms with Gasteiger partial charge in [-0.05, 0) is 18.2 Å². The van der Waals surface area contributed by atoms with Crippen LogP contribution in [0.4, 0.5) is 16.2 Å². The summed E-state index contributed by atoms with van der Waals surface area (Å²) < 4.78 is 15.4. The molecule has 2 N–H and O–H groups in total. The Bertz CT molecular complexity index is 921. The van der Waals surface area contributed by atoms with Crippen LogP contribution in [0.25, 0.3) is 11.3 Å². The molecule has 0 fully saturated rings. The minimum Gasteiger partial charge on any atom is -0.497 e. The molecular formula is C20H20N4O4. The number of nitrogens with one attached hydrogen (secondary N) is 2. The molecule has 0 spiro atoms. The molecule has 0 aliphatic rings. The molecule has 0 aliphatic carbocycles. The zero-order valence-corrected chi connectivity index (χ0v) is 15.7. The van der Waals surface area contributed by atoms with Gasteiger partial charge in [-0.25, -0.2) is 4.79 Å². The van der Waals surface area contributed by atoms with E-state index in [0.717, 1.165) is 5.56 Å². The first-order valence-electron chi connectivity index (χ1n) is 8.40. The zero-order chi connectivity index (χ0) is 19.9. The molecule has 0 aliphatic heterocycles. The molecule has 1 heterocycles. The second kappa shape index (κ2) is 8.72. The number of carbonyl (C=O) groups is 1. The summed E-state index contributed by atoms with van der Waals surface area (Å²) in [6, 6.07) is 15.6. The number of amides is 2. The SMILES string of the molecule is COc1cc(NC(=O)Nc2ccc(-c3ccc(OC)nn3)cc2)cc(OC)c1. The monoisotopic (exact) mass is 380 g/mol. The van der Waals surface area contributed by atoms with Crippen molar-refractivity contribution in [1.82, 2.24) is 10.2 Å². The maximum Gasteiger partial charge on any atom is 0.323 e. The van der Waals surface area contributed by atoms with Gasteiger partial charge in [0.25, 0.3) is 0 Å². The van der Waals surface area contributed by atoms with E-state index in [4.69, 9.17) is 14.2 Å². The molecule has 8 nitrogen and oxygen atoms in total. The van der Waals surface area contributed by atoms with Crippen molar-refractivity contribution in [3.05, 3.63) is 54.6 Å². The Morgan fingerprint density at radius 1 is 0.750 bits per heavy atom. The van der Waals surface area contributed by atoms with Gasteiger partial charge in [0.15, 0.2) is 0 Å². The van der Waals surface area contributed by atoms with E-state index in [2.05, 4.69) is 20.8 Å². The number of urea groups is 1. The number of nitrogens with zero attached hydrogens (tertiary/aromatic N) is 2. The highest BCUT2D eigenvalue weighted by molar-refractivity contribution is 6.00. The van der Waals surface area contributed by atoms with Crippen LogP contribution in [-0.2, 0) is 0 Å². The third kappa shape index (κ3) is 4.67. The van der Waals surface area contributed by atoms with Crippen LogP contribution in [0.2, 0.25) is 0 Å². The van der Waals surface area contributed by atoms with E-state index in [1.165, 1.54) is 7.11 Å². The quantitative estimate of drug-likeness (QED) is 0.675. The predicted octanol–water partition coefficient (Wildman–Crippen LogP) is 3.81. The van der Waals surface area contributed by atoms with Crippen molar-refractivity contribution in [2.24, 2.45) is 0 Å².